The molecule has 12 heavy (non-hydrogen) atoms. The van der Waals surface area contributed by atoms with Crippen molar-refractivity contribution in [1.29, 1.82) is 0 Å². The summed E-state index contributed by atoms with van der Waals surface area (Å²) in [7, 11) is 0. The van der Waals surface area contributed by atoms with Crippen molar-refractivity contribution in [2.45, 2.75) is 32.8 Å². The van der Waals surface area contributed by atoms with Gasteiger partial charge >= 0.3 is 0 Å². The standard InChI is InChI=1S/C10H16O2/c1-7(2)8-6-12-10(3,4)5-9(8)11/h8H,1,5-6H2,2-4H3. The molecule has 0 saturated carbocycles. The molecule has 0 bridgehead atoms. The number of Topliss-reactive ketones (excluding diaryl/α,β-unsaturated/α-hetero) is 1. The molecule has 1 rings (SSSR count). The Morgan fingerprint density at radius 1 is 1.67 bits per heavy atom. The summed E-state index contributed by atoms with van der Waals surface area (Å²) in [5.74, 6) is 0.191. The zero-order chi connectivity index (χ0) is 9.35. The van der Waals surface area contributed by atoms with Crippen molar-refractivity contribution < 1.29 is 9.53 Å². The number of ketones is 1. The lowest BCUT2D eigenvalue weighted by Gasteiger charge is -2.33. The third kappa shape index (κ3) is 1.95. The van der Waals surface area contributed by atoms with Crippen LogP contribution >= 0.6 is 0 Å². The van der Waals surface area contributed by atoms with Crippen LogP contribution in [-0.2, 0) is 9.53 Å². The summed E-state index contributed by atoms with van der Waals surface area (Å²) in [5.41, 5.74) is 0.638. The van der Waals surface area contributed by atoms with E-state index in [1.165, 1.54) is 0 Å². The van der Waals surface area contributed by atoms with E-state index in [1.54, 1.807) is 0 Å². The third-order valence-electron chi connectivity index (χ3n) is 2.22. The molecule has 0 aromatic heterocycles. The largest absolute Gasteiger partial charge is 0.374 e. The lowest BCUT2D eigenvalue weighted by Crippen LogP contribution is -2.40. The van der Waals surface area contributed by atoms with Gasteiger partial charge in [0.25, 0.3) is 0 Å². The van der Waals surface area contributed by atoms with Crippen LogP contribution in [0.2, 0.25) is 0 Å². The van der Waals surface area contributed by atoms with Gasteiger partial charge in [0.15, 0.2) is 0 Å². The van der Waals surface area contributed by atoms with Crippen LogP contribution in [0.25, 0.3) is 0 Å². The van der Waals surface area contributed by atoms with E-state index < -0.39 is 0 Å². The predicted octanol–water partition coefficient (Wildman–Crippen LogP) is 1.95. The molecular formula is C10H16O2. The van der Waals surface area contributed by atoms with Crippen LogP contribution in [0.5, 0.6) is 0 Å². The second kappa shape index (κ2) is 3.02. The van der Waals surface area contributed by atoms with Gasteiger partial charge in [0, 0.05) is 6.42 Å². The zero-order valence-corrected chi connectivity index (χ0v) is 8.02. The van der Waals surface area contributed by atoms with Crippen LogP contribution in [0.3, 0.4) is 0 Å². The number of hydrogen-bond acceptors (Lipinski definition) is 2. The molecular weight excluding hydrogens is 152 g/mol. The highest BCUT2D eigenvalue weighted by Gasteiger charge is 2.34. The monoisotopic (exact) mass is 168 g/mol. The second-order valence-electron chi connectivity index (χ2n) is 4.11. The molecule has 1 aliphatic heterocycles. The number of rotatable bonds is 1. The SMILES string of the molecule is C=C(C)C1COC(C)(C)CC1=O. The molecule has 2 heteroatoms. The molecule has 68 valence electrons. The van der Waals surface area contributed by atoms with Gasteiger partial charge < -0.3 is 4.74 Å². The van der Waals surface area contributed by atoms with E-state index in [0.717, 1.165) is 5.57 Å². The molecule has 1 heterocycles. The Hall–Kier alpha value is -0.630. The summed E-state index contributed by atoms with van der Waals surface area (Å²) in [5, 5.41) is 0. The van der Waals surface area contributed by atoms with Gasteiger partial charge in [-0.2, -0.15) is 0 Å². The Morgan fingerprint density at radius 2 is 2.25 bits per heavy atom. The topological polar surface area (TPSA) is 26.3 Å². The van der Waals surface area contributed by atoms with Crippen molar-refractivity contribution in [3.8, 4) is 0 Å². The highest BCUT2D eigenvalue weighted by molar-refractivity contribution is 5.85. The zero-order valence-electron chi connectivity index (χ0n) is 8.02. The Labute approximate surface area is 73.6 Å². The molecule has 0 spiro atoms. The molecule has 2 nitrogen and oxygen atoms in total. The van der Waals surface area contributed by atoms with Crippen molar-refractivity contribution in [2.24, 2.45) is 5.92 Å². The van der Waals surface area contributed by atoms with E-state index in [4.69, 9.17) is 4.74 Å². The quantitative estimate of drug-likeness (QED) is 0.559. The third-order valence-corrected chi connectivity index (χ3v) is 2.22. The van der Waals surface area contributed by atoms with Crippen LogP contribution in [0.4, 0.5) is 0 Å². The van der Waals surface area contributed by atoms with Crippen LogP contribution in [0.1, 0.15) is 27.2 Å². The van der Waals surface area contributed by atoms with E-state index in [9.17, 15) is 4.79 Å². The second-order valence-corrected chi connectivity index (χ2v) is 4.11. The highest BCUT2D eigenvalue weighted by atomic mass is 16.5. The molecule has 1 saturated heterocycles. The van der Waals surface area contributed by atoms with E-state index in [0.29, 0.717) is 13.0 Å². The Kier molecular flexibility index (Phi) is 2.38. The summed E-state index contributed by atoms with van der Waals surface area (Å²) < 4.78 is 5.53. The van der Waals surface area contributed by atoms with Gasteiger partial charge in [-0.05, 0) is 20.8 Å². The van der Waals surface area contributed by atoms with Gasteiger partial charge in [0.05, 0.1) is 18.1 Å². The number of hydrogen-bond donors (Lipinski definition) is 0. The lowest BCUT2D eigenvalue weighted by atomic mass is 9.87. The first kappa shape index (κ1) is 9.46. The van der Waals surface area contributed by atoms with Crippen LogP contribution in [0.15, 0.2) is 12.2 Å². The Morgan fingerprint density at radius 3 is 2.67 bits per heavy atom. The predicted molar refractivity (Wildman–Crippen MR) is 48.0 cm³/mol. The minimum absolute atomic E-state index is 0.0713. The van der Waals surface area contributed by atoms with Crippen LogP contribution in [0, 0.1) is 5.92 Å². The first-order valence-corrected chi connectivity index (χ1v) is 4.24. The fourth-order valence-electron chi connectivity index (χ4n) is 1.41. The fraction of sp³-hybridized carbons (Fsp3) is 0.700. The molecule has 0 aromatic rings. The smallest absolute Gasteiger partial charge is 0.145 e. The molecule has 0 amide bonds. The van der Waals surface area contributed by atoms with E-state index in [2.05, 4.69) is 6.58 Å². The minimum atomic E-state index is -0.275. The molecule has 0 aliphatic carbocycles. The molecule has 1 atom stereocenters. The van der Waals surface area contributed by atoms with Crippen molar-refractivity contribution in [3.63, 3.8) is 0 Å². The Balaban J connectivity index is 2.66. The van der Waals surface area contributed by atoms with E-state index in [-0.39, 0.29) is 17.3 Å². The molecule has 1 unspecified atom stereocenters. The van der Waals surface area contributed by atoms with E-state index in [1.807, 2.05) is 20.8 Å². The van der Waals surface area contributed by atoms with Crippen LogP contribution in [-0.4, -0.2) is 18.0 Å². The average molecular weight is 168 g/mol. The normalized spacial score (nSPS) is 28.6. The summed E-state index contributed by atoms with van der Waals surface area (Å²) in [6, 6.07) is 0. The molecule has 0 aromatic carbocycles. The maximum absolute atomic E-state index is 11.5. The molecule has 0 N–H and O–H groups in total. The van der Waals surface area contributed by atoms with Gasteiger partial charge in [-0.3, -0.25) is 4.79 Å². The summed E-state index contributed by atoms with van der Waals surface area (Å²) >= 11 is 0. The number of carbonyl (C=O) groups excluding carboxylic acids is 1. The number of ether oxygens (including phenoxy) is 1. The van der Waals surface area contributed by atoms with Crippen LogP contribution < -0.4 is 0 Å². The van der Waals surface area contributed by atoms with Gasteiger partial charge in [0.2, 0.25) is 0 Å². The minimum Gasteiger partial charge on any atom is -0.374 e. The van der Waals surface area contributed by atoms with Crippen molar-refractivity contribution >= 4 is 5.78 Å². The molecule has 1 fully saturated rings. The summed E-state index contributed by atoms with van der Waals surface area (Å²) in [6.07, 6.45) is 0.504. The average Bonchev–Trinajstić information content (AvgIpc) is 1.83. The maximum atomic E-state index is 11.5. The fourth-order valence-corrected chi connectivity index (χ4v) is 1.41. The van der Waals surface area contributed by atoms with Gasteiger partial charge in [-0.1, -0.05) is 12.2 Å². The summed E-state index contributed by atoms with van der Waals surface area (Å²) in [4.78, 5) is 11.5. The van der Waals surface area contributed by atoms with Gasteiger partial charge in [0.1, 0.15) is 5.78 Å². The molecule has 0 radical (unpaired) electrons. The first-order chi connectivity index (χ1) is 5.42. The molecule has 1 aliphatic rings. The van der Waals surface area contributed by atoms with Gasteiger partial charge in [-0.15, -0.1) is 0 Å². The van der Waals surface area contributed by atoms with Crippen molar-refractivity contribution in [3.05, 3.63) is 12.2 Å². The Bertz CT molecular complexity index is 216. The first-order valence-electron chi connectivity index (χ1n) is 4.24. The highest BCUT2D eigenvalue weighted by Crippen LogP contribution is 2.27. The van der Waals surface area contributed by atoms with Crippen molar-refractivity contribution in [1.82, 2.24) is 0 Å². The lowest BCUT2D eigenvalue weighted by molar-refractivity contribution is -0.141. The van der Waals surface area contributed by atoms with E-state index >= 15 is 0 Å². The maximum Gasteiger partial charge on any atom is 0.145 e. The summed E-state index contributed by atoms with van der Waals surface area (Å²) in [6.45, 7) is 10.0. The number of carbonyl (C=O) groups is 1. The van der Waals surface area contributed by atoms with Gasteiger partial charge in [-0.25, -0.2) is 0 Å². The van der Waals surface area contributed by atoms with Crippen molar-refractivity contribution in [2.75, 3.05) is 6.61 Å².